The number of nitrogens with one attached hydrogen (secondary N) is 2. The van der Waals surface area contributed by atoms with Gasteiger partial charge in [0, 0.05) is 12.1 Å². The molecular weight excluding hydrogens is 304 g/mol. The highest BCUT2D eigenvalue weighted by atomic mass is 16.2. The van der Waals surface area contributed by atoms with E-state index in [1.165, 1.54) is 0 Å². The molecule has 1 spiro atoms. The highest BCUT2D eigenvalue weighted by Gasteiger charge is 2.58. The van der Waals surface area contributed by atoms with Crippen molar-refractivity contribution in [3.63, 3.8) is 0 Å². The van der Waals surface area contributed by atoms with Gasteiger partial charge in [-0.05, 0) is 24.5 Å². The predicted octanol–water partition coefficient (Wildman–Crippen LogP) is 1.75. The molecule has 0 bridgehead atoms. The molecule has 2 amide bonds. The van der Waals surface area contributed by atoms with E-state index in [4.69, 9.17) is 0 Å². The summed E-state index contributed by atoms with van der Waals surface area (Å²) in [5.74, 6) is 0.668. The number of amides is 2. The Balaban J connectivity index is 1.90. The fraction of sp³-hybridized carbons (Fsp3) is 0.389. The molecule has 1 aromatic rings. The van der Waals surface area contributed by atoms with Gasteiger partial charge in [0.05, 0.1) is 6.04 Å². The summed E-state index contributed by atoms with van der Waals surface area (Å²) in [5.41, 5.74) is 4.64. The summed E-state index contributed by atoms with van der Waals surface area (Å²) >= 11 is 0. The van der Waals surface area contributed by atoms with Gasteiger partial charge in [0.15, 0.2) is 0 Å². The first kappa shape index (κ1) is 14.9. The molecule has 2 N–H and O–H groups in total. The number of piperidine rings is 1. The predicted molar refractivity (Wildman–Crippen MR) is 91.5 cm³/mol. The van der Waals surface area contributed by atoms with E-state index in [2.05, 4.69) is 22.4 Å². The van der Waals surface area contributed by atoms with Gasteiger partial charge in [-0.3, -0.25) is 9.59 Å². The van der Waals surface area contributed by atoms with Gasteiger partial charge in [0.2, 0.25) is 5.91 Å². The Morgan fingerprint density at radius 1 is 1.42 bits per heavy atom. The van der Waals surface area contributed by atoms with Crippen LogP contribution in [0.15, 0.2) is 41.5 Å². The number of rotatable bonds is 2. The maximum Gasteiger partial charge on any atom is 0.259 e. The molecule has 6 heteroatoms. The van der Waals surface area contributed by atoms with Crippen LogP contribution in [-0.2, 0) is 15.0 Å². The number of hydrogen-bond donors (Lipinski definition) is 2. The third-order valence-electron chi connectivity index (χ3n) is 5.38. The van der Waals surface area contributed by atoms with E-state index in [9.17, 15) is 9.59 Å². The van der Waals surface area contributed by atoms with E-state index in [0.717, 1.165) is 29.1 Å². The molecule has 0 aromatic heterocycles. The molecule has 3 heterocycles. The summed E-state index contributed by atoms with van der Waals surface area (Å²) in [6, 6.07) is 7.56. The van der Waals surface area contributed by atoms with Gasteiger partial charge in [-0.1, -0.05) is 37.3 Å². The molecule has 0 radical (unpaired) electrons. The standard InChI is InChI=1S/C18H20N4O2/c1-3-11(2)16-18(9-8-14-20-21-15(23)10-22(14)16)12-6-4-5-7-13(12)19-17(18)24/h4-7,16H,2-3,8-10H2,1H3,(H,19,24)(H,21,23). The van der Waals surface area contributed by atoms with Crippen LogP contribution < -0.4 is 10.7 Å². The fourth-order valence-electron chi connectivity index (χ4n) is 4.24. The van der Waals surface area contributed by atoms with Crippen LogP contribution in [0.4, 0.5) is 5.69 Å². The minimum absolute atomic E-state index is 0.00617. The van der Waals surface area contributed by atoms with Crippen molar-refractivity contribution in [2.45, 2.75) is 37.6 Å². The molecule has 6 nitrogen and oxygen atoms in total. The summed E-state index contributed by atoms with van der Waals surface area (Å²) < 4.78 is 0. The Morgan fingerprint density at radius 2 is 2.21 bits per heavy atom. The first-order chi connectivity index (χ1) is 11.6. The first-order valence-corrected chi connectivity index (χ1v) is 8.28. The lowest BCUT2D eigenvalue weighted by molar-refractivity contribution is -0.127. The molecule has 1 saturated heterocycles. The fourth-order valence-corrected chi connectivity index (χ4v) is 4.24. The number of amidine groups is 1. The number of para-hydroxylation sites is 1. The zero-order valence-electron chi connectivity index (χ0n) is 13.6. The smallest absolute Gasteiger partial charge is 0.259 e. The van der Waals surface area contributed by atoms with Crippen LogP contribution in [0.3, 0.4) is 0 Å². The largest absolute Gasteiger partial charge is 0.341 e. The minimum Gasteiger partial charge on any atom is -0.341 e. The van der Waals surface area contributed by atoms with Crippen molar-refractivity contribution in [2.24, 2.45) is 5.10 Å². The van der Waals surface area contributed by atoms with Crippen LogP contribution in [-0.4, -0.2) is 35.1 Å². The monoisotopic (exact) mass is 324 g/mol. The number of fused-ring (bicyclic) bond motifs is 3. The van der Waals surface area contributed by atoms with Crippen molar-refractivity contribution in [1.29, 1.82) is 0 Å². The Bertz CT molecular complexity index is 785. The highest BCUT2D eigenvalue weighted by molar-refractivity contribution is 6.09. The van der Waals surface area contributed by atoms with Gasteiger partial charge in [-0.2, -0.15) is 5.10 Å². The SMILES string of the molecule is C=C(CC)C1N2CC(=O)NN=C2CCC12C(=O)Nc1ccccc12. The summed E-state index contributed by atoms with van der Waals surface area (Å²) in [6.45, 7) is 6.47. The third-order valence-corrected chi connectivity index (χ3v) is 5.38. The Labute approximate surface area is 140 Å². The Hall–Kier alpha value is -2.63. The van der Waals surface area contributed by atoms with E-state index in [-0.39, 0.29) is 24.4 Å². The van der Waals surface area contributed by atoms with Crippen LogP contribution in [0.25, 0.3) is 0 Å². The first-order valence-electron chi connectivity index (χ1n) is 8.28. The molecule has 1 aromatic carbocycles. The molecule has 4 rings (SSSR count). The number of anilines is 1. The summed E-state index contributed by atoms with van der Waals surface area (Å²) in [6.07, 6.45) is 2.05. The number of hydrogen-bond acceptors (Lipinski definition) is 4. The lowest BCUT2D eigenvalue weighted by Crippen LogP contribution is -2.63. The molecule has 3 aliphatic rings. The zero-order valence-corrected chi connectivity index (χ0v) is 13.6. The van der Waals surface area contributed by atoms with Crippen LogP contribution in [0.1, 0.15) is 31.7 Å². The van der Waals surface area contributed by atoms with Crippen molar-refractivity contribution in [3.8, 4) is 0 Å². The van der Waals surface area contributed by atoms with Crippen molar-refractivity contribution < 1.29 is 9.59 Å². The van der Waals surface area contributed by atoms with Crippen molar-refractivity contribution >= 4 is 23.3 Å². The number of benzene rings is 1. The third kappa shape index (κ3) is 1.85. The lowest BCUT2D eigenvalue weighted by Gasteiger charge is -2.49. The van der Waals surface area contributed by atoms with Crippen LogP contribution >= 0.6 is 0 Å². The molecule has 124 valence electrons. The molecule has 3 aliphatic heterocycles. The molecular formula is C18H20N4O2. The van der Waals surface area contributed by atoms with Gasteiger partial charge < -0.3 is 10.2 Å². The highest BCUT2D eigenvalue weighted by Crippen LogP contribution is 2.50. The van der Waals surface area contributed by atoms with Crippen LogP contribution in [0.2, 0.25) is 0 Å². The zero-order chi connectivity index (χ0) is 16.9. The Morgan fingerprint density at radius 3 is 3.00 bits per heavy atom. The average molecular weight is 324 g/mol. The maximum absolute atomic E-state index is 13.1. The van der Waals surface area contributed by atoms with E-state index in [1.807, 2.05) is 36.1 Å². The summed E-state index contributed by atoms with van der Waals surface area (Å²) in [5, 5.41) is 7.23. The van der Waals surface area contributed by atoms with Gasteiger partial charge in [0.1, 0.15) is 17.8 Å². The summed E-state index contributed by atoms with van der Waals surface area (Å²) in [4.78, 5) is 27.0. The lowest BCUT2D eigenvalue weighted by atomic mass is 9.66. The van der Waals surface area contributed by atoms with Crippen LogP contribution in [0.5, 0.6) is 0 Å². The van der Waals surface area contributed by atoms with Gasteiger partial charge >= 0.3 is 0 Å². The maximum atomic E-state index is 13.1. The van der Waals surface area contributed by atoms with Gasteiger partial charge in [0.25, 0.3) is 5.91 Å². The summed E-state index contributed by atoms with van der Waals surface area (Å²) in [7, 11) is 0. The molecule has 0 aliphatic carbocycles. The number of hydrazone groups is 1. The van der Waals surface area contributed by atoms with Gasteiger partial charge in [-0.25, -0.2) is 5.43 Å². The second kappa shape index (κ2) is 5.19. The topological polar surface area (TPSA) is 73.8 Å². The number of carbonyl (C=O) groups excluding carboxylic acids is 2. The molecule has 0 saturated carbocycles. The van der Waals surface area contributed by atoms with E-state index < -0.39 is 5.41 Å². The van der Waals surface area contributed by atoms with Crippen molar-refractivity contribution in [1.82, 2.24) is 10.3 Å². The molecule has 2 atom stereocenters. The Kier molecular flexibility index (Phi) is 3.23. The second-order valence-corrected chi connectivity index (χ2v) is 6.58. The molecule has 24 heavy (non-hydrogen) atoms. The number of nitrogens with zero attached hydrogens (tertiary/aromatic N) is 2. The second-order valence-electron chi connectivity index (χ2n) is 6.58. The van der Waals surface area contributed by atoms with Crippen molar-refractivity contribution in [2.75, 3.05) is 11.9 Å². The quantitative estimate of drug-likeness (QED) is 0.814. The van der Waals surface area contributed by atoms with E-state index >= 15 is 0 Å². The molecule has 2 unspecified atom stereocenters. The number of carbonyl (C=O) groups is 2. The average Bonchev–Trinajstić information content (AvgIpc) is 2.86. The van der Waals surface area contributed by atoms with E-state index in [1.54, 1.807) is 0 Å². The van der Waals surface area contributed by atoms with Gasteiger partial charge in [-0.15, -0.1) is 0 Å². The van der Waals surface area contributed by atoms with E-state index in [0.29, 0.717) is 12.8 Å². The molecule has 1 fully saturated rings. The minimum atomic E-state index is -0.708. The van der Waals surface area contributed by atoms with Crippen molar-refractivity contribution in [3.05, 3.63) is 42.0 Å². The normalized spacial score (nSPS) is 28.0. The van der Waals surface area contributed by atoms with Crippen LogP contribution in [0, 0.1) is 0 Å².